The molecule has 4 heterocycles. The Hall–Kier alpha value is -3.58. The Bertz CT molecular complexity index is 1230. The van der Waals surface area contributed by atoms with Crippen molar-refractivity contribution in [1.29, 1.82) is 0 Å². The SMILES string of the molecule is NCCNC(=O)c1ccc2c(-c3c(-c4ccccn4)nn4c3CCC4)ccnc2c1. The first-order valence-corrected chi connectivity index (χ1v) is 10.1. The van der Waals surface area contributed by atoms with Crippen LogP contribution in [0, 0.1) is 0 Å². The number of pyridine rings is 2. The minimum Gasteiger partial charge on any atom is -0.351 e. The van der Waals surface area contributed by atoms with Crippen LogP contribution in [0.15, 0.2) is 54.9 Å². The van der Waals surface area contributed by atoms with E-state index in [2.05, 4.69) is 20.0 Å². The quantitative estimate of drug-likeness (QED) is 0.539. The molecule has 4 aromatic rings. The second-order valence-corrected chi connectivity index (χ2v) is 7.35. The minimum atomic E-state index is -0.143. The molecular formula is C23H22N6O. The molecule has 7 heteroatoms. The summed E-state index contributed by atoms with van der Waals surface area (Å²) in [6, 6.07) is 13.5. The standard InChI is InChI=1S/C23H22N6O/c24-9-12-27-23(30)15-6-7-16-17(8-11-26-19(16)14-15)21-20-5-3-13-29(20)28-22(21)18-4-1-2-10-25-18/h1-2,4,6-8,10-11,14H,3,5,9,12-13,24H2,(H,27,30). The fraction of sp³-hybridized carbons (Fsp3) is 0.217. The largest absolute Gasteiger partial charge is 0.351 e. The molecule has 0 radical (unpaired) electrons. The van der Waals surface area contributed by atoms with Crippen molar-refractivity contribution in [3.05, 3.63) is 66.1 Å². The second-order valence-electron chi connectivity index (χ2n) is 7.35. The third-order valence-electron chi connectivity index (χ3n) is 5.45. The summed E-state index contributed by atoms with van der Waals surface area (Å²) in [7, 11) is 0. The van der Waals surface area contributed by atoms with Gasteiger partial charge in [0, 0.05) is 54.2 Å². The third-order valence-corrected chi connectivity index (χ3v) is 5.45. The predicted octanol–water partition coefficient (Wildman–Crippen LogP) is 2.80. The smallest absolute Gasteiger partial charge is 0.251 e. The lowest BCUT2D eigenvalue weighted by molar-refractivity contribution is 0.0955. The van der Waals surface area contributed by atoms with E-state index in [0.29, 0.717) is 18.7 Å². The lowest BCUT2D eigenvalue weighted by atomic mass is 9.96. The highest BCUT2D eigenvalue weighted by molar-refractivity contribution is 6.03. The molecule has 1 aromatic carbocycles. The number of nitrogens with zero attached hydrogens (tertiary/aromatic N) is 4. The van der Waals surface area contributed by atoms with Gasteiger partial charge in [0.15, 0.2) is 0 Å². The summed E-state index contributed by atoms with van der Waals surface area (Å²) in [5.74, 6) is -0.143. The van der Waals surface area contributed by atoms with Gasteiger partial charge in [-0.1, -0.05) is 12.1 Å². The molecule has 0 spiro atoms. The van der Waals surface area contributed by atoms with Crippen molar-refractivity contribution in [3.63, 3.8) is 0 Å². The summed E-state index contributed by atoms with van der Waals surface area (Å²) in [6.07, 6.45) is 5.66. The van der Waals surface area contributed by atoms with E-state index in [1.807, 2.05) is 42.5 Å². The van der Waals surface area contributed by atoms with E-state index in [4.69, 9.17) is 10.8 Å². The van der Waals surface area contributed by atoms with Crippen LogP contribution in [0.1, 0.15) is 22.5 Å². The summed E-state index contributed by atoms with van der Waals surface area (Å²) in [5, 5.41) is 8.68. The highest BCUT2D eigenvalue weighted by Crippen LogP contribution is 2.39. The van der Waals surface area contributed by atoms with Crippen molar-refractivity contribution in [3.8, 4) is 22.5 Å². The van der Waals surface area contributed by atoms with Crippen molar-refractivity contribution >= 4 is 16.8 Å². The molecule has 3 N–H and O–H groups in total. The molecule has 0 saturated carbocycles. The zero-order valence-corrected chi connectivity index (χ0v) is 16.5. The van der Waals surface area contributed by atoms with Gasteiger partial charge in [-0.2, -0.15) is 5.10 Å². The highest BCUT2D eigenvalue weighted by Gasteiger charge is 2.25. The number of rotatable bonds is 5. The second kappa shape index (κ2) is 7.68. The average molecular weight is 398 g/mol. The number of carbonyl (C=O) groups excluding carboxylic acids is 1. The topological polar surface area (TPSA) is 98.7 Å². The van der Waals surface area contributed by atoms with Crippen molar-refractivity contribution < 1.29 is 4.79 Å². The first kappa shape index (κ1) is 18.4. The molecule has 1 amide bonds. The van der Waals surface area contributed by atoms with E-state index in [0.717, 1.165) is 52.8 Å². The van der Waals surface area contributed by atoms with Gasteiger partial charge in [-0.15, -0.1) is 0 Å². The summed E-state index contributed by atoms with van der Waals surface area (Å²) in [5.41, 5.74) is 12.0. The Morgan fingerprint density at radius 3 is 2.90 bits per heavy atom. The molecule has 3 aromatic heterocycles. The molecule has 5 rings (SSSR count). The molecule has 0 fully saturated rings. The van der Waals surface area contributed by atoms with E-state index in [-0.39, 0.29) is 5.91 Å². The Morgan fingerprint density at radius 1 is 1.13 bits per heavy atom. The van der Waals surface area contributed by atoms with Crippen LogP contribution in [0.5, 0.6) is 0 Å². The number of nitrogens with two attached hydrogens (primary N) is 1. The van der Waals surface area contributed by atoms with Crippen LogP contribution in [0.2, 0.25) is 0 Å². The molecule has 1 aliphatic rings. The van der Waals surface area contributed by atoms with Crippen molar-refractivity contribution in [1.82, 2.24) is 25.1 Å². The lowest BCUT2D eigenvalue weighted by Crippen LogP contribution is -2.28. The van der Waals surface area contributed by atoms with Crippen molar-refractivity contribution in [2.45, 2.75) is 19.4 Å². The Morgan fingerprint density at radius 2 is 2.07 bits per heavy atom. The molecule has 0 atom stereocenters. The van der Waals surface area contributed by atoms with Crippen molar-refractivity contribution in [2.24, 2.45) is 5.73 Å². The van der Waals surface area contributed by atoms with E-state index in [9.17, 15) is 4.79 Å². The summed E-state index contributed by atoms with van der Waals surface area (Å²) < 4.78 is 2.10. The van der Waals surface area contributed by atoms with Crippen LogP contribution < -0.4 is 11.1 Å². The van der Waals surface area contributed by atoms with Crippen LogP contribution in [-0.4, -0.2) is 38.7 Å². The predicted molar refractivity (Wildman–Crippen MR) is 116 cm³/mol. The third kappa shape index (κ3) is 3.13. The molecule has 0 saturated heterocycles. The van der Waals surface area contributed by atoms with Gasteiger partial charge in [0.25, 0.3) is 5.91 Å². The number of hydrogen-bond donors (Lipinski definition) is 2. The molecule has 1 aliphatic heterocycles. The molecule has 150 valence electrons. The zero-order chi connectivity index (χ0) is 20.5. The van der Waals surface area contributed by atoms with Gasteiger partial charge in [0.05, 0.1) is 11.2 Å². The maximum atomic E-state index is 12.3. The zero-order valence-electron chi connectivity index (χ0n) is 16.5. The Balaban J connectivity index is 1.66. The number of hydrogen-bond acceptors (Lipinski definition) is 5. The molecule has 0 aliphatic carbocycles. The van der Waals surface area contributed by atoms with Crippen LogP contribution in [0.25, 0.3) is 33.4 Å². The molecule has 7 nitrogen and oxygen atoms in total. The number of nitrogens with one attached hydrogen (secondary N) is 1. The van der Waals surface area contributed by atoms with E-state index in [1.54, 1.807) is 12.4 Å². The van der Waals surface area contributed by atoms with Gasteiger partial charge in [-0.25, -0.2) is 0 Å². The van der Waals surface area contributed by atoms with Gasteiger partial charge in [0.2, 0.25) is 0 Å². The number of carbonyl (C=O) groups is 1. The van der Waals surface area contributed by atoms with Gasteiger partial charge in [-0.3, -0.25) is 19.4 Å². The summed E-state index contributed by atoms with van der Waals surface area (Å²) in [6.45, 7) is 1.77. The number of aryl methyl sites for hydroxylation is 1. The van der Waals surface area contributed by atoms with E-state index < -0.39 is 0 Å². The van der Waals surface area contributed by atoms with Gasteiger partial charge in [-0.05, 0) is 48.7 Å². The van der Waals surface area contributed by atoms with Crippen LogP contribution >= 0.6 is 0 Å². The van der Waals surface area contributed by atoms with Crippen LogP contribution in [0.3, 0.4) is 0 Å². The molecule has 30 heavy (non-hydrogen) atoms. The molecular weight excluding hydrogens is 376 g/mol. The Labute approximate surface area is 174 Å². The van der Waals surface area contributed by atoms with E-state index in [1.165, 1.54) is 5.69 Å². The monoisotopic (exact) mass is 398 g/mol. The normalized spacial score (nSPS) is 12.8. The fourth-order valence-electron chi connectivity index (χ4n) is 4.09. The average Bonchev–Trinajstić information content (AvgIpc) is 3.39. The summed E-state index contributed by atoms with van der Waals surface area (Å²) >= 11 is 0. The fourth-order valence-corrected chi connectivity index (χ4v) is 4.09. The molecule has 0 unspecified atom stereocenters. The highest BCUT2D eigenvalue weighted by atomic mass is 16.1. The van der Waals surface area contributed by atoms with E-state index >= 15 is 0 Å². The maximum absolute atomic E-state index is 12.3. The lowest BCUT2D eigenvalue weighted by Gasteiger charge is -2.10. The van der Waals surface area contributed by atoms with Crippen LogP contribution in [-0.2, 0) is 13.0 Å². The molecule has 0 bridgehead atoms. The van der Waals surface area contributed by atoms with Crippen molar-refractivity contribution in [2.75, 3.05) is 13.1 Å². The number of amides is 1. The number of aromatic nitrogens is 4. The van der Waals surface area contributed by atoms with Gasteiger partial charge in [0.1, 0.15) is 5.69 Å². The first-order valence-electron chi connectivity index (χ1n) is 10.1. The Kier molecular flexibility index (Phi) is 4.72. The minimum absolute atomic E-state index is 0.143. The van der Waals surface area contributed by atoms with Gasteiger partial charge < -0.3 is 11.1 Å². The van der Waals surface area contributed by atoms with Gasteiger partial charge >= 0.3 is 0 Å². The summed E-state index contributed by atoms with van der Waals surface area (Å²) in [4.78, 5) is 21.4. The number of benzene rings is 1. The van der Waals surface area contributed by atoms with Crippen LogP contribution in [0.4, 0.5) is 0 Å². The maximum Gasteiger partial charge on any atom is 0.251 e. The number of fused-ring (bicyclic) bond motifs is 2. The first-order chi connectivity index (χ1) is 14.8.